The summed E-state index contributed by atoms with van der Waals surface area (Å²) in [5.74, 6) is 2.99. The molecule has 3 saturated heterocycles. The molecule has 69 heavy (non-hydrogen) atoms. The van der Waals surface area contributed by atoms with E-state index in [1.165, 1.54) is 30.3 Å². The van der Waals surface area contributed by atoms with Gasteiger partial charge in [-0.25, -0.2) is 4.79 Å². The Hall–Kier alpha value is -3.53. The Bertz CT molecular complexity index is 2520. The van der Waals surface area contributed by atoms with Gasteiger partial charge < -0.3 is 42.3 Å². The van der Waals surface area contributed by atoms with Crippen LogP contribution in [0.25, 0.3) is 35.6 Å². The van der Waals surface area contributed by atoms with Crippen molar-refractivity contribution in [3.8, 4) is 0 Å². The van der Waals surface area contributed by atoms with Crippen molar-refractivity contribution in [2.45, 2.75) is 74.0 Å². The molecule has 4 aromatic carbocycles. The van der Waals surface area contributed by atoms with Crippen LogP contribution in [0.5, 0.6) is 0 Å². The normalized spacial score (nSPS) is 15.3. The van der Waals surface area contributed by atoms with Gasteiger partial charge in [0.2, 0.25) is 0 Å². The zero-order valence-electron chi connectivity index (χ0n) is 40.7. The summed E-state index contributed by atoms with van der Waals surface area (Å²) in [6.45, 7) is 27.4. The smallest absolute Gasteiger partial charge is 1.00 e. The van der Waals surface area contributed by atoms with E-state index in [1.807, 2.05) is 52.8 Å². The zero-order chi connectivity index (χ0) is 46.7. The second-order valence-electron chi connectivity index (χ2n) is 18.4. The van der Waals surface area contributed by atoms with Crippen LogP contribution in [0.15, 0.2) is 91.0 Å². The first-order valence-corrected chi connectivity index (χ1v) is 25.1. The van der Waals surface area contributed by atoms with Gasteiger partial charge in [-0.3, -0.25) is 9.73 Å². The first-order valence-electron chi connectivity index (χ1n) is 22.8. The van der Waals surface area contributed by atoms with Crippen molar-refractivity contribution in [3.05, 3.63) is 113 Å². The molecule has 7 aromatic rings. The number of halogens is 1. The van der Waals surface area contributed by atoms with Gasteiger partial charge in [0.1, 0.15) is 23.1 Å². The number of nitrogens with zero attached hydrogens (tertiary/aromatic N) is 8. The summed E-state index contributed by atoms with van der Waals surface area (Å²) in [7, 11) is 0. The Labute approximate surface area is 448 Å². The standard InChI is InChI=1S/C15H21N3OS.C13H18O3.C11H13N3S.C11H12N3S.CH4.BrH.Mg/c1-15(2,3)19-18-10-8-17(9-11-18)14-12-6-4-5-7-13(12)20-16-14;1-9-7-6-8-10(2)11(9)12(14)15-16-13(3,4)5;2*1-2-4-10-9(3-1)11(13-15-10)14-7-5-12-6-8-14;;;/h4-7H,8-11H2,1-3H3;6-8H,1-5H3;1-4,12H,5-8H2;1-4H,5-8H2;1H4;1H;/q;;;-1;;;+2/p-1. The SMILES string of the molecule is C.CC(C)(C)ON1CCN(c2nsc3ccccc23)CC1.Cc1cccc(C)c1C(=O)OOC(C)(C)C.[Br-].[Mg+2].c1ccc2c(N3CCNCC3)nsc2c1.c1ccc2c(N3CC[N-]CC3)nsc2c1. The summed E-state index contributed by atoms with van der Waals surface area (Å²) in [4.78, 5) is 34.6. The molecular formula is C51H68BrMgN9O4S3. The minimum absolute atomic E-state index is 0. The molecule has 3 aromatic heterocycles. The Balaban J connectivity index is 0.000000199. The van der Waals surface area contributed by atoms with Crippen LogP contribution in [-0.2, 0) is 14.6 Å². The fourth-order valence-electron chi connectivity index (χ4n) is 7.72. The number of hydrogen-bond acceptors (Lipinski definition) is 15. The molecule has 0 spiro atoms. The molecule has 3 aliphatic rings. The van der Waals surface area contributed by atoms with Crippen LogP contribution in [0.3, 0.4) is 0 Å². The molecular weight excluding hydrogens is 1000 g/mol. The van der Waals surface area contributed by atoms with Crippen LogP contribution in [-0.4, -0.2) is 137 Å². The van der Waals surface area contributed by atoms with Crippen LogP contribution in [0.2, 0.25) is 0 Å². The van der Waals surface area contributed by atoms with Gasteiger partial charge in [0, 0.05) is 81.6 Å². The summed E-state index contributed by atoms with van der Waals surface area (Å²) >= 11 is 4.76. The molecule has 0 amide bonds. The number of aryl methyl sites for hydroxylation is 2. The van der Waals surface area contributed by atoms with Crippen molar-refractivity contribution in [1.82, 2.24) is 23.5 Å². The predicted molar refractivity (Wildman–Crippen MR) is 289 cm³/mol. The topological polar surface area (TPSA) is 123 Å². The second kappa shape index (κ2) is 27.3. The van der Waals surface area contributed by atoms with Gasteiger partial charge in [0.15, 0.2) is 0 Å². The van der Waals surface area contributed by atoms with E-state index in [2.05, 4.69) is 137 Å². The van der Waals surface area contributed by atoms with E-state index in [-0.39, 0.29) is 53.1 Å². The third kappa shape index (κ3) is 16.5. The van der Waals surface area contributed by atoms with Gasteiger partial charge in [-0.05, 0) is 138 Å². The van der Waals surface area contributed by atoms with Gasteiger partial charge >= 0.3 is 29.0 Å². The number of rotatable bonds is 6. The maximum Gasteiger partial charge on any atom is 2.00 e. The van der Waals surface area contributed by atoms with E-state index in [0.29, 0.717) is 5.56 Å². The maximum absolute atomic E-state index is 11.8. The van der Waals surface area contributed by atoms with Gasteiger partial charge in [-0.1, -0.05) is 62.0 Å². The minimum atomic E-state index is -0.494. The van der Waals surface area contributed by atoms with Crippen LogP contribution >= 0.6 is 34.6 Å². The minimum Gasteiger partial charge on any atom is -1.00 e. The largest absolute Gasteiger partial charge is 2.00 e. The predicted octanol–water partition coefficient (Wildman–Crippen LogP) is 7.79. The number of carbonyl (C=O) groups excluding carboxylic acids is 1. The molecule has 1 N–H and O–H groups in total. The van der Waals surface area contributed by atoms with Crippen molar-refractivity contribution in [2.24, 2.45) is 0 Å². The van der Waals surface area contributed by atoms with E-state index in [9.17, 15) is 4.79 Å². The van der Waals surface area contributed by atoms with E-state index in [4.69, 9.17) is 14.6 Å². The average molecular weight is 1070 g/mol. The summed E-state index contributed by atoms with van der Waals surface area (Å²) in [5.41, 5.74) is 1.75. The fourth-order valence-corrected chi connectivity index (χ4v) is 10.1. The first-order chi connectivity index (χ1) is 31.7. The van der Waals surface area contributed by atoms with E-state index >= 15 is 0 Å². The van der Waals surface area contributed by atoms with Crippen molar-refractivity contribution < 1.29 is 36.4 Å². The monoisotopic (exact) mass is 1070 g/mol. The summed E-state index contributed by atoms with van der Waals surface area (Å²) in [5, 5.41) is 13.6. The van der Waals surface area contributed by atoms with Gasteiger partial charge in [0.05, 0.1) is 25.3 Å². The number of hydrogen-bond donors (Lipinski definition) is 1. The van der Waals surface area contributed by atoms with Gasteiger partial charge in [0.25, 0.3) is 0 Å². The van der Waals surface area contributed by atoms with E-state index < -0.39 is 11.6 Å². The van der Waals surface area contributed by atoms with Gasteiger partial charge in [-0.15, -0.1) is 13.1 Å². The molecule has 0 atom stereocenters. The Morgan fingerprint density at radius 2 is 0.986 bits per heavy atom. The van der Waals surface area contributed by atoms with Crippen LogP contribution in [0.4, 0.5) is 17.5 Å². The molecule has 6 heterocycles. The molecule has 0 aliphatic carbocycles. The molecule has 0 radical (unpaired) electrons. The number of piperazine rings is 3. The summed E-state index contributed by atoms with van der Waals surface area (Å²) in [6.07, 6.45) is 0. The van der Waals surface area contributed by atoms with Crippen molar-refractivity contribution in [3.63, 3.8) is 0 Å². The van der Waals surface area contributed by atoms with Crippen LogP contribution < -0.4 is 37.0 Å². The Morgan fingerprint density at radius 3 is 1.41 bits per heavy atom. The fraction of sp³-hybridized carbons (Fsp3) is 0.451. The number of carbonyl (C=O) groups is 1. The quantitative estimate of drug-likeness (QED) is 0.0995. The molecule has 3 fully saturated rings. The molecule has 0 unspecified atom stereocenters. The molecule has 0 saturated carbocycles. The number of fused-ring (bicyclic) bond motifs is 3. The van der Waals surface area contributed by atoms with Crippen molar-refractivity contribution in [2.75, 3.05) is 93.2 Å². The van der Waals surface area contributed by atoms with E-state index in [0.717, 1.165) is 107 Å². The Morgan fingerprint density at radius 1 is 0.580 bits per heavy atom. The zero-order valence-corrected chi connectivity index (χ0v) is 46.1. The molecule has 18 heteroatoms. The van der Waals surface area contributed by atoms with Crippen LogP contribution in [0, 0.1) is 13.8 Å². The molecule has 10 rings (SSSR count). The number of aromatic nitrogens is 3. The molecule has 13 nitrogen and oxygen atoms in total. The average Bonchev–Trinajstić information content (AvgIpc) is 4.07. The van der Waals surface area contributed by atoms with Crippen molar-refractivity contribution in [1.29, 1.82) is 0 Å². The molecule has 0 bridgehead atoms. The van der Waals surface area contributed by atoms with E-state index in [1.54, 1.807) is 34.6 Å². The summed E-state index contributed by atoms with van der Waals surface area (Å²) < 4.78 is 17.5. The van der Waals surface area contributed by atoms with Gasteiger partial charge in [-0.2, -0.15) is 23.1 Å². The molecule has 368 valence electrons. The Kier molecular flexibility index (Phi) is 23.0. The second-order valence-corrected chi connectivity index (χ2v) is 20.8. The summed E-state index contributed by atoms with van der Waals surface area (Å²) in [6, 6.07) is 31.0. The maximum atomic E-state index is 11.8. The number of benzene rings is 4. The third-order valence-corrected chi connectivity index (χ3v) is 13.3. The van der Waals surface area contributed by atoms with Crippen LogP contribution in [0.1, 0.15) is 70.5 Å². The third-order valence-electron chi connectivity index (χ3n) is 10.8. The first kappa shape index (κ1) is 58.0. The number of nitrogens with one attached hydrogen (secondary N) is 1. The number of hydroxylamine groups is 2. The number of anilines is 3. The van der Waals surface area contributed by atoms with Crippen molar-refractivity contribution >= 4 is 111 Å². The molecule has 3 aliphatic heterocycles.